The number of alkyl halides is 3. The molecule has 0 saturated heterocycles. The number of thioether (sulfide) groups is 1. The van der Waals surface area contributed by atoms with E-state index in [0.717, 1.165) is 28.8 Å². The largest absolute Gasteiger partial charge is 0.418 e. The fourth-order valence-corrected chi connectivity index (χ4v) is 3.62. The molecular weight excluding hydrogens is 433 g/mol. The molecule has 3 rings (SSSR count). The number of anilines is 1. The summed E-state index contributed by atoms with van der Waals surface area (Å²) < 4.78 is 40.7. The summed E-state index contributed by atoms with van der Waals surface area (Å²) in [6, 6.07) is 5.67. The number of benzene rings is 1. The number of carbonyl (C=O) groups is 1. The molecule has 9 nitrogen and oxygen atoms in total. The Balaban J connectivity index is 1.71. The number of nitrogens with zero attached hydrogens (tertiary/aromatic N) is 4. The van der Waals surface area contributed by atoms with E-state index < -0.39 is 33.9 Å². The Morgan fingerprint density at radius 1 is 1.34 bits per heavy atom. The predicted octanol–water partition coefficient (Wildman–Crippen LogP) is 3.38. The number of aromatic nitrogens is 3. The van der Waals surface area contributed by atoms with Crippen LogP contribution in [0.2, 0.25) is 0 Å². The topological polar surface area (TPSA) is 129 Å². The van der Waals surface area contributed by atoms with Crippen LogP contribution in [0, 0.1) is 10.1 Å². The maximum Gasteiger partial charge on any atom is 0.418 e. The molecule has 29 heavy (non-hydrogen) atoms. The molecule has 0 aliphatic heterocycles. The third kappa shape index (κ3) is 4.65. The number of nitro benzene ring substituents is 1. The minimum absolute atomic E-state index is 0.197. The third-order valence-electron chi connectivity index (χ3n) is 3.53. The van der Waals surface area contributed by atoms with Gasteiger partial charge in [0.2, 0.25) is 11.1 Å². The maximum atomic E-state index is 13.2. The number of nitrogens with two attached hydrogens (primary N) is 1. The van der Waals surface area contributed by atoms with Gasteiger partial charge in [0.25, 0.3) is 5.69 Å². The first-order valence-electron chi connectivity index (χ1n) is 7.69. The lowest BCUT2D eigenvalue weighted by Gasteiger charge is -2.13. The van der Waals surface area contributed by atoms with E-state index in [1.54, 1.807) is 12.1 Å². The summed E-state index contributed by atoms with van der Waals surface area (Å²) in [5, 5.41) is 22.6. The first-order chi connectivity index (χ1) is 13.7. The number of amides is 1. The standard InChI is InChI=1S/C15H11F3N6O3S2/c16-15(17,18)9-6-8(24(26)27)3-4-10(9)20-12(25)7-29-14-22-21-13(23(14)19)11-2-1-5-28-11/h1-6H,7,19H2,(H,20,25). The molecule has 2 heterocycles. The normalized spacial score (nSPS) is 11.4. The van der Waals surface area contributed by atoms with Gasteiger partial charge >= 0.3 is 6.18 Å². The first kappa shape index (κ1) is 20.6. The van der Waals surface area contributed by atoms with E-state index in [-0.39, 0.29) is 10.9 Å². The van der Waals surface area contributed by atoms with E-state index in [4.69, 9.17) is 5.84 Å². The van der Waals surface area contributed by atoms with Crippen molar-refractivity contribution in [2.24, 2.45) is 0 Å². The smallest absolute Gasteiger partial charge is 0.335 e. The monoisotopic (exact) mass is 444 g/mol. The maximum absolute atomic E-state index is 13.2. The Morgan fingerprint density at radius 2 is 2.10 bits per heavy atom. The van der Waals surface area contributed by atoms with Crippen LogP contribution < -0.4 is 11.2 Å². The predicted molar refractivity (Wildman–Crippen MR) is 101 cm³/mol. The van der Waals surface area contributed by atoms with Gasteiger partial charge in [0.1, 0.15) is 0 Å². The number of nitrogens with one attached hydrogen (secondary N) is 1. The number of nitro groups is 1. The van der Waals surface area contributed by atoms with Crippen molar-refractivity contribution in [1.82, 2.24) is 14.9 Å². The van der Waals surface area contributed by atoms with E-state index >= 15 is 0 Å². The highest BCUT2D eigenvalue weighted by Crippen LogP contribution is 2.37. The lowest BCUT2D eigenvalue weighted by atomic mass is 10.1. The molecule has 0 unspecified atom stereocenters. The third-order valence-corrected chi connectivity index (χ3v) is 5.34. The Labute approximate surface area is 168 Å². The minimum atomic E-state index is -4.88. The van der Waals surface area contributed by atoms with Crippen LogP contribution in [0.15, 0.2) is 40.9 Å². The Bertz CT molecular complexity index is 1050. The average Bonchev–Trinajstić information content (AvgIpc) is 3.29. The summed E-state index contributed by atoms with van der Waals surface area (Å²) in [6.45, 7) is 0. The van der Waals surface area contributed by atoms with Crippen LogP contribution in [0.3, 0.4) is 0 Å². The molecule has 152 valence electrons. The van der Waals surface area contributed by atoms with Crippen LogP contribution in [0.4, 0.5) is 24.5 Å². The number of hydrogen-bond acceptors (Lipinski definition) is 8. The van der Waals surface area contributed by atoms with Gasteiger partial charge in [-0.25, -0.2) is 4.68 Å². The van der Waals surface area contributed by atoms with E-state index in [2.05, 4.69) is 15.5 Å². The minimum Gasteiger partial charge on any atom is -0.335 e. The fraction of sp³-hybridized carbons (Fsp3) is 0.133. The molecule has 1 aromatic carbocycles. The zero-order valence-electron chi connectivity index (χ0n) is 14.2. The molecule has 3 aromatic rings. The van der Waals surface area contributed by atoms with Crippen molar-refractivity contribution in [3.8, 4) is 10.7 Å². The second kappa shape index (κ2) is 8.08. The summed E-state index contributed by atoms with van der Waals surface area (Å²) in [5.74, 6) is 5.21. The molecule has 0 fully saturated rings. The van der Waals surface area contributed by atoms with E-state index in [0.29, 0.717) is 11.9 Å². The molecule has 0 radical (unpaired) electrons. The molecule has 0 atom stereocenters. The number of thiophene rings is 1. The molecule has 0 spiro atoms. The number of non-ortho nitro benzene ring substituents is 1. The Kier molecular flexibility index (Phi) is 5.74. The van der Waals surface area contributed by atoms with Crippen LogP contribution in [0.5, 0.6) is 0 Å². The number of carbonyl (C=O) groups excluding carboxylic acids is 1. The van der Waals surface area contributed by atoms with Crippen LogP contribution >= 0.6 is 23.1 Å². The van der Waals surface area contributed by atoms with Gasteiger partial charge in [0.05, 0.1) is 26.8 Å². The molecule has 2 aromatic heterocycles. The lowest BCUT2D eigenvalue weighted by Crippen LogP contribution is -2.19. The molecule has 3 N–H and O–H groups in total. The van der Waals surface area contributed by atoms with Gasteiger partial charge in [0.15, 0.2) is 5.82 Å². The summed E-state index contributed by atoms with van der Waals surface area (Å²) in [4.78, 5) is 22.6. The molecule has 0 aliphatic rings. The Morgan fingerprint density at radius 3 is 2.72 bits per heavy atom. The van der Waals surface area contributed by atoms with Crippen molar-refractivity contribution in [1.29, 1.82) is 0 Å². The van der Waals surface area contributed by atoms with Gasteiger partial charge in [-0.3, -0.25) is 14.9 Å². The zero-order chi connectivity index (χ0) is 21.2. The van der Waals surface area contributed by atoms with Crippen molar-refractivity contribution >= 4 is 40.4 Å². The van der Waals surface area contributed by atoms with E-state index in [1.807, 2.05) is 5.38 Å². The molecule has 0 saturated carbocycles. The number of halogens is 3. The first-order valence-corrected chi connectivity index (χ1v) is 9.56. The number of nitrogen functional groups attached to an aromatic ring is 1. The highest BCUT2D eigenvalue weighted by atomic mass is 32.2. The van der Waals surface area contributed by atoms with Gasteiger partial charge in [-0.2, -0.15) is 13.2 Å². The average molecular weight is 444 g/mol. The molecule has 14 heteroatoms. The van der Waals surface area contributed by atoms with Crippen LogP contribution in [0.25, 0.3) is 10.7 Å². The number of hydrogen-bond donors (Lipinski definition) is 2. The lowest BCUT2D eigenvalue weighted by molar-refractivity contribution is -0.385. The molecular formula is C15H11F3N6O3S2. The quantitative estimate of drug-likeness (QED) is 0.258. The second-order valence-electron chi connectivity index (χ2n) is 5.48. The molecule has 1 amide bonds. The van der Waals surface area contributed by atoms with E-state index in [1.165, 1.54) is 16.0 Å². The van der Waals surface area contributed by atoms with Crippen molar-refractivity contribution in [2.75, 3.05) is 16.9 Å². The van der Waals surface area contributed by atoms with Gasteiger partial charge in [-0.1, -0.05) is 17.8 Å². The molecule has 0 bridgehead atoms. The SMILES string of the molecule is Nn1c(SCC(=O)Nc2ccc([N+](=O)[O-])cc2C(F)(F)F)nnc1-c1cccs1. The summed E-state index contributed by atoms with van der Waals surface area (Å²) in [6.07, 6.45) is -4.88. The molecule has 0 aliphatic carbocycles. The second-order valence-corrected chi connectivity index (χ2v) is 7.37. The van der Waals surface area contributed by atoms with Gasteiger partial charge in [0, 0.05) is 12.1 Å². The van der Waals surface area contributed by atoms with Crippen LogP contribution in [0.1, 0.15) is 5.56 Å². The van der Waals surface area contributed by atoms with Crippen molar-refractivity contribution < 1.29 is 22.9 Å². The Hall–Kier alpha value is -3.13. The highest BCUT2D eigenvalue weighted by molar-refractivity contribution is 7.99. The van der Waals surface area contributed by atoms with Crippen LogP contribution in [-0.4, -0.2) is 31.5 Å². The van der Waals surface area contributed by atoms with Crippen molar-refractivity contribution in [3.63, 3.8) is 0 Å². The number of rotatable bonds is 6. The van der Waals surface area contributed by atoms with Gasteiger partial charge in [-0.05, 0) is 17.5 Å². The van der Waals surface area contributed by atoms with Crippen LogP contribution in [-0.2, 0) is 11.0 Å². The highest BCUT2D eigenvalue weighted by Gasteiger charge is 2.35. The van der Waals surface area contributed by atoms with Crippen molar-refractivity contribution in [2.45, 2.75) is 11.3 Å². The fourth-order valence-electron chi connectivity index (χ4n) is 2.26. The van der Waals surface area contributed by atoms with Gasteiger partial charge in [-0.15, -0.1) is 21.5 Å². The zero-order valence-corrected chi connectivity index (χ0v) is 15.8. The van der Waals surface area contributed by atoms with Crippen molar-refractivity contribution in [3.05, 3.63) is 51.4 Å². The van der Waals surface area contributed by atoms with Gasteiger partial charge < -0.3 is 11.2 Å². The summed E-state index contributed by atoms with van der Waals surface area (Å²) in [5.41, 5.74) is -2.63. The van der Waals surface area contributed by atoms with E-state index in [9.17, 15) is 28.1 Å². The summed E-state index contributed by atoms with van der Waals surface area (Å²) >= 11 is 2.27. The summed E-state index contributed by atoms with van der Waals surface area (Å²) in [7, 11) is 0.